The Morgan fingerprint density at radius 1 is 0.489 bits per heavy atom. The van der Waals surface area contributed by atoms with Gasteiger partial charge >= 0.3 is 10.4 Å². The van der Waals surface area contributed by atoms with E-state index >= 15 is 0 Å². The Kier molecular flexibility index (Phi) is 8.65. The second kappa shape index (κ2) is 12.0. The predicted molar refractivity (Wildman–Crippen MR) is 190 cm³/mol. The first-order valence-corrected chi connectivity index (χ1v) is 22.3. The van der Waals surface area contributed by atoms with Crippen molar-refractivity contribution in [1.29, 1.82) is 0 Å². The highest BCUT2D eigenvalue weighted by molar-refractivity contribution is 7.81. The number of rotatable bonds is 6. The first kappa shape index (κ1) is 34.0. The van der Waals surface area contributed by atoms with Crippen molar-refractivity contribution >= 4 is 10.4 Å². The molecule has 0 N–H and O–H groups in total. The molecule has 0 aromatic rings. The van der Waals surface area contributed by atoms with Gasteiger partial charge in [0.2, 0.25) is 0 Å². The van der Waals surface area contributed by atoms with E-state index in [1.54, 1.807) is 0 Å². The summed E-state index contributed by atoms with van der Waals surface area (Å²) in [6.45, 7) is 15.3. The van der Waals surface area contributed by atoms with Crippen LogP contribution in [0.25, 0.3) is 0 Å². The molecular weight excluding hydrogens is 601 g/mol. The molecule has 0 bridgehead atoms. The number of hydrogen-bond acceptors (Lipinski definition) is 4. The largest absolute Gasteiger partial charge is 0.400 e. The van der Waals surface area contributed by atoms with Crippen LogP contribution in [0.4, 0.5) is 0 Å². The summed E-state index contributed by atoms with van der Waals surface area (Å²) in [4.78, 5) is 0. The van der Waals surface area contributed by atoms with E-state index in [1.165, 1.54) is 89.9 Å². The Hall–Kier alpha value is -0.130. The molecule has 268 valence electrons. The molecule has 0 saturated heterocycles. The van der Waals surface area contributed by atoms with Crippen molar-refractivity contribution < 1.29 is 16.8 Å². The van der Waals surface area contributed by atoms with E-state index in [4.69, 9.17) is 8.37 Å². The summed E-state index contributed by atoms with van der Waals surface area (Å²) in [5, 5.41) is 0. The minimum atomic E-state index is -4.00. The van der Waals surface area contributed by atoms with Crippen LogP contribution in [0.1, 0.15) is 170 Å². The third kappa shape index (κ3) is 5.23. The van der Waals surface area contributed by atoms with Gasteiger partial charge < -0.3 is 0 Å². The second-order valence-electron chi connectivity index (χ2n) is 20.2. The van der Waals surface area contributed by atoms with E-state index in [-0.39, 0.29) is 12.2 Å². The van der Waals surface area contributed by atoms with Gasteiger partial charge in [0.05, 0.1) is 12.2 Å². The Morgan fingerprint density at radius 2 is 0.872 bits per heavy atom. The summed E-state index contributed by atoms with van der Waals surface area (Å²) in [6, 6.07) is 0. The van der Waals surface area contributed by atoms with E-state index in [9.17, 15) is 8.42 Å². The van der Waals surface area contributed by atoms with Gasteiger partial charge in [-0.1, -0.05) is 54.4 Å². The zero-order valence-electron chi connectivity index (χ0n) is 31.1. The van der Waals surface area contributed by atoms with Crippen molar-refractivity contribution in [3.8, 4) is 0 Å². The van der Waals surface area contributed by atoms with Crippen LogP contribution in [-0.2, 0) is 18.8 Å². The SMILES string of the molecule is CC[C@H]1CC[C@H]2[C@@H]3CC[C@@H]4C[C@H](OS(=O)(=O)O[C@@H]5CC[C@@]6(C)[C@H](CC[C@@H]7[C@@H]6CC[C@]6(C)[C@@H](CC)CC[C@@H]76)C5)CC[C@]4(C)[C@H]3CC[C@]12C. The van der Waals surface area contributed by atoms with Crippen LogP contribution in [0, 0.1) is 80.8 Å². The fourth-order valence-corrected chi connectivity index (χ4v) is 17.6. The average Bonchev–Trinajstić information content (AvgIpc) is 3.56. The van der Waals surface area contributed by atoms with Crippen molar-refractivity contribution in [2.75, 3.05) is 0 Å². The molecule has 0 aliphatic heterocycles. The van der Waals surface area contributed by atoms with E-state index in [1.807, 2.05) is 0 Å². The second-order valence-corrected chi connectivity index (χ2v) is 21.4. The average molecular weight is 671 g/mol. The first-order chi connectivity index (χ1) is 22.3. The molecule has 0 unspecified atom stereocenters. The molecule has 0 heterocycles. The van der Waals surface area contributed by atoms with Crippen LogP contribution in [0.5, 0.6) is 0 Å². The van der Waals surface area contributed by atoms with Gasteiger partial charge in [-0.3, -0.25) is 0 Å². The van der Waals surface area contributed by atoms with E-state index < -0.39 is 10.4 Å². The fourth-order valence-electron chi connectivity index (χ4n) is 16.5. The van der Waals surface area contributed by atoms with Gasteiger partial charge in [0, 0.05) is 0 Å². The van der Waals surface area contributed by atoms with Gasteiger partial charge in [-0.15, -0.1) is 0 Å². The summed E-state index contributed by atoms with van der Waals surface area (Å²) in [7, 11) is -4.00. The number of hydrogen-bond donors (Lipinski definition) is 0. The molecule has 0 amide bonds. The molecule has 16 atom stereocenters. The van der Waals surface area contributed by atoms with Gasteiger partial charge in [-0.05, 0) is 196 Å². The van der Waals surface area contributed by atoms with Crippen LogP contribution < -0.4 is 0 Å². The molecule has 0 aromatic heterocycles. The zero-order valence-corrected chi connectivity index (χ0v) is 31.9. The summed E-state index contributed by atoms with van der Waals surface area (Å²) >= 11 is 0. The van der Waals surface area contributed by atoms with Gasteiger partial charge in [-0.25, -0.2) is 8.37 Å². The van der Waals surface area contributed by atoms with E-state index in [2.05, 4.69) is 41.5 Å². The highest BCUT2D eigenvalue weighted by Gasteiger charge is 2.62. The molecule has 8 aliphatic rings. The summed E-state index contributed by atoms with van der Waals surface area (Å²) < 4.78 is 39.0. The third-order valence-electron chi connectivity index (χ3n) is 19.1. The van der Waals surface area contributed by atoms with E-state index in [0.717, 1.165) is 85.9 Å². The maximum atomic E-state index is 13.5. The molecule has 0 radical (unpaired) electrons. The Bertz CT molecular complexity index is 1190. The summed E-state index contributed by atoms with van der Waals surface area (Å²) in [5.41, 5.74) is 1.82. The normalized spacial score (nSPS) is 55.6. The quantitative estimate of drug-likeness (QED) is 0.282. The lowest BCUT2D eigenvalue weighted by molar-refractivity contribution is -0.128. The lowest BCUT2D eigenvalue weighted by Crippen LogP contribution is -2.54. The topological polar surface area (TPSA) is 52.6 Å². The summed E-state index contributed by atoms with van der Waals surface area (Å²) in [5.74, 6) is 8.23. The van der Waals surface area contributed by atoms with Crippen LogP contribution in [0.3, 0.4) is 0 Å². The standard InChI is InChI=1S/C42H70O4S/c1-7-27-11-15-35-33-13-9-29-25-31(17-21-41(29,5)37(33)19-23-39(27,35)3)45-47(43,44)46-32-18-22-42(6)30(26-32)10-14-34-36-16-12-28(8-2)40(36,4)24-20-38(34)42/h27-38H,7-26H2,1-6H3/t27-,28-,29+,30+,31+,32+,33-,34-,35-,36-,37-,38-,39+,40+,41-,42-/m0/s1. The van der Waals surface area contributed by atoms with Crippen molar-refractivity contribution in [3.63, 3.8) is 0 Å². The first-order valence-electron chi connectivity index (χ1n) is 21.0. The molecule has 47 heavy (non-hydrogen) atoms. The van der Waals surface area contributed by atoms with Gasteiger partial charge in [0.1, 0.15) is 0 Å². The summed E-state index contributed by atoms with van der Waals surface area (Å²) in [6.07, 6.45) is 24.6. The maximum Gasteiger partial charge on any atom is 0.400 e. The number of fused-ring (bicyclic) bond motifs is 10. The lowest BCUT2D eigenvalue weighted by atomic mass is 9.44. The minimum absolute atomic E-state index is 0.210. The molecule has 8 aliphatic carbocycles. The molecule has 5 heteroatoms. The molecule has 4 nitrogen and oxygen atoms in total. The van der Waals surface area contributed by atoms with Crippen LogP contribution in [-0.4, -0.2) is 20.6 Å². The Labute approximate surface area is 289 Å². The predicted octanol–water partition coefficient (Wildman–Crippen LogP) is 11.1. The lowest BCUT2D eigenvalue weighted by Gasteiger charge is -2.61. The van der Waals surface area contributed by atoms with Gasteiger partial charge in [-0.2, -0.15) is 8.42 Å². The monoisotopic (exact) mass is 670 g/mol. The van der Waals surface area contributed by atoms with Crippen molar-refractivity contribution in [1.82, 2.24) is 0 Å². The highest BCUT2D eigenvalue weighted by atomic mass is 32.3. The van der Waals surface area contributed by atoms with Crippen molar-refractivity contribution in [2.24, 2.45) is 80.8 Å². The zero-order chi connectivity index (χ0) is 33.0. The van der Waals surface area contributed by atoms with Crippen molar-refractivity contribution in [2.45, 2.75) is 182 Å². The van der Waals surface area contributed by atoms with Gasteiger partial charge in [0.25, 0.3) is 0 Å². The minimum Gasteiger partial charge on any atom is -0.245 e. The molecule has 0 spiro atoms. The molecular formula is C42H70O4S. The van der Waals surface area contributed by atoms with Crippen LogP contribution in [0.15, 0.2) is 0 Å². The molecule has 8 saturated carbocycles. The van der Waals surface area contributed by atoms with Crippen LogP contribution >= 0.6 is 0 Å². The third-order valence-corrected chi connectivity index (χ3v) is 20.1. The Morgan fingerprint density at radius 3 is 1.28 bits per heavy atom. The Balaban J connectivity index is 0.870. The smallest absolute Gasteiger partial charge is 0.245 e. The molecule has 8 rings (SSSR count). The van der Waals surface area contributed by atoms with E-state index in [0.29, 0.717) is 33.5 Å². The molecule has 8 fully saturated rings. The maximum absolute atomic E-state index is 13.5. The molecule has 0 aromatic carbocycles. The highest BCUT2D eigenvalue weighted by Crippen LogP contribution is 2.69. The van der Waals surface area contributed by atoms with Crippen molar-refractivity contribution in [3.05, 3.63) is 0 Å². The fraction of sp³-hybridized carbons (Fsp3) is 1.00. The van der Waals surface area contributed by atoms with Gasteiger partial charge in [0.15, 0.2) is 0 Å². The van der Waals surface area contributed by atoms with Crippen LogP contribution in [0.2, 0.25) is 0 Å².